The second-order valence-corrected chi connectivity index (χ2v) is 8.68. The van der Waals surface area contributed by atoms with Crippen LogP contribution in [0.15, 0.2) is 54.6 Å². The molecule has 0 saturated carbocycles. The van der Waals surface area contributed by atoms with Gasteiger partial charge in [-0.2, -0.15) is 5.01 Å². The van der Waals surface area contributed by atoms with E-state index in [1.807, 2.05) is 47.4 Å². The number of urea groups is 1. The summed E-state index contributed by atoms with van der Waals surface area (Å²) in [6.45, 7) is 4.32. The molecule has 9 nitrogen and oxygen atoms in total. The molecule has 0 spiro atoms. The highest BCUT2D eigenvalue weighted by Crippen LogP contribution is 2.27. The van der Waals surface area contributed by atoms with Crippen LogP contribution in [-0.4, -0.2) is 71.1 Å². The molecule has 3 N–H and O–H groups in total. The number of rotatable bonds is 7. The molecule has 2 saturated heterocycles. The zero-order valence-corrected chi connectivity index (χ0v) is 18.7. The van der Waals surface area contributed by atoms with Crippen molar-refractivity contribution < 1.29 is 19.5 Å². The van der Waals surface area contributed by atoms with Crippen LogP contribution in [0.25, 0.3) is 0 Å². The van der Waals surface area contributed by atoms with E-state index in [0.29, 0.717) is 39.0 Å². The Hall–Kier alpha value is -3.59. The highest BCUT2D eigenvalue weighted by Gasteiger charge is 2.48. The first-order chi connectivity index (χ1) is 15.9. The van der Waals surface area contributed by atoms with Gasteiger partial charge in [-0.1, -0.05) is 42.5 Å². The smallest absolute Gasteiger partial charge is 0.344 e. The van der Waals surface area contributed by atoms with Gasteiger partial charge in [0.2, 0.25) is 0 Å². The average molecular weight is 452 g/mol. The van der Waals surface area contributed by atoms with Gasteiger partial charge in [0.25, 0.3) is 11.8 Å². The van der Waals surface area contributed by atoms with Crippen LogP contribution < -0.4 is 15.6 Å². The maximum absolute atomic E-state index is 12.9. The summed E-state index contributed by atoms with van der Waals surface area (Å²) < 4.78 is 0. The fraction of sp³-hybridized carbons (Fsp3) is 0.375. The minimum absolute atomic E-state index is 0.0758. The summed E-state index contributed by atoms with van der Waals surface area (Å²) >= 11 is 0. The number of hydrogen-bond donors (Lipinski definition) is 3. The Morgan fingerprint density at radius 2 is 1.70 bits per heavy atom. The second-order valence-electron chi connectivity index (χ2n) is 8.68. The molecule has 0 bridgehead atoms. The van der Waals surface area contributed by atoms with Crippen molar-refractivity contribution in [3.8, 4) is 5.75 Å². The molecule has 2 aromatic rings. The van der Waals surface area contributed by atoms with Crippen molar-refractivity contribution in [1.82, 2.24) is 20.7 Å². The lowest BCUT2D eigenvalue weighted by atomic mass is 9.93. The molecule has 174 valence electrons. The second kappa shape index (κ2) is 9.50. The number of hydrogen-bond acceptors (Lipinski definition) is 6. The zero-order chi connectivity index (χ0) is 23.4. The van der Waals surface area contributed by atoms with Crippen LogP contribution in [0.4, 0.5) is 10.5 Å². The van der Waals surface area contributed by atoms with Crippen molar-refractivity contribution in [2.24, 2.45) is 0 Å². The number of phenols is 1. The van der Waals surface area contributed by atoms with Crippen LogP contribution in [0.3, 0.4) is 0 Å². The van der Waals surface area contributed by atoms with E-state index in [1.54, 1.807) is 19.1 Å². The molecule has 1 atom stereocenters. The fourth-order valence-corrected chi connectivity index (χ4v) is 4.24. The molecule has 2 aliphatic rings. The molecule has 4 rings (SSSR count). The third-order valence-electron chi connectivity index (χ3n) is 6.22. The molecule has 0 aliphatic carbocycles. The Labute approximate surface area is 192 Å². The summed E-state index contributed by atoms with van der Waals surface area (Å²) in [5.41, 5.74) is 3.25. The Morgan fingerprint density at radius 3 is 2.39 bits per heavy atom. The van der Waals surface area contributed by atoms with Gasteiger partial charge in [-0.25, -0.2) is 4.79 Å². The van der Waals surface area contributed by atoms with Gasteiger partial charge in [0, 0.05) is 26.2 Å². The van der Waals surface area contributed by atoms with E-state index in [-0.39, 0.29) is 12.3 Å². The number of aryl methyl sites for hydroxylation is 1. The van der Waals surface area contributed by atoms with Gasteiger partial charge < -0.3 is 15.3 Å². The molecular formula is C24H29N5O4. The maximum atomic E-state index is 12.9. The van der Waals surface area contributed by atoms with Gasteiger partial charge in [0.05, 0.1) is 12.2 Å². The van der Waals surface area contributed by atoms with Crippen molar-refractivity contribution in [3.05, 3.63) is 60.2 Å². The molecule has 2 aromatic carbocycles. The molecule has 2 aliphatic heterocycles. The van der Waals surface area contributed by atoms with Gasteiger partial charge in [0.1, 0.15) is 11.3 Å². The van der Waals surface area contributed by atoms with Crippen molar-refractivity contribution in [3.63, 3.8) is 0 Å². The average Bonchev–Trinajstić information content (AvgIpc) is 3.02. The SMILES string of the molecule is CC1(CCc2ccccc2)NC(=O)N(NC(=O)CN2CCN(c3ccccc3O)CC2)C1=O. The Balaban J connectivity index is 1.27. The summed E-state index contributed by atoms with van der Waals surface area (Å²) in [5.74, 6) is -0.638. The topological polar surface area (TPSA) is 105 Å². The van der Waals surface area contributed by atoms with Crippen LogP contribution in [-0.2, 0) is 16.0 Å². The number of benzene rings is 2. The minimum Gasteiger partial charge on any atom is -0.506 e. The number of amides is 4. The van der Waals surface area contributed by atoms with Gasteiger partial charge in [-0.05, 0) is 37.5 Å². The lowest BCUT2D eigenvalue weighted by Gasteiger charge is -2.36. The monoisotopic (exact) mass is 451 g/mol. The third kappa shape index (κ3) is 5.09. The Morgan fingerprint density at radius 1 is 1.03 bits per heavy atom. The van der Waals surface area contributed by atoms with Crippen LogP contribution in [0.1, 0.15) is 18.9 Å². The Kier molecular flexibility index (Phi) is 6.50. The summed E-state index contributed by atoms with van der Waals surface area (Å²) in [7, 11) is 0. The Bertz CT molecular complexity index is 1020. The summed E-state index contributed by atoms with van der Waals surface area (Å²) in [4.78, 5) is 41.9. The first-order valence-corrected chi connectivity index (χ1v) is 11.1. The van der Waals surface area contributed by atoms with E-state index >= 15 is 0 Å². The predicted octanol–water partition coefficient (Wildman–Crippen LogP) is 1.49. The number of phenolic OH excluding ortho intramolecular Hbond substituents is 1. The number of hydrazine groups is 1. The van der Waals surface area contributed by atoms with Gasteiger partial charge in [-0.3, -0.25) is 19.9 Å². The molecule has 2 heterocycles. The van der Waals surface area contributed by atoms with Crippen molar-refractivity contribution >= 4 is 23.5 Å². The van der Waals surface area contributed by atoms with Crippen molar-refractivity contribution in [2.75, 3.05) is 37.6 Å². The van der Waals surface area contributed by atoms with Crippen LogP contribution in [0, 0.1) is 0 Å². The van der Waals surface area contributed by atoms with Gasteiger partial charge >= 0.3 is 6.03 Å². The quantitative estimate of drug-likeness (QED) is 0.551. The van der Waals surface area contributed by atoms with Crippen molar-refractivity contribution in [1.29, 1.82) is 0 Å². The van der Waals surface area contributed by atoms with E-state index in [9.17, 15) is 19.5 Å². The molecule has 0 radical (unpaired) electrons. The third-order valence-corrected chi connectivity index (χ3v) is 6.22. The molecular weight excluding hydrogens is 422 g/mol. The summed E-state index contributed by atoms with van der Waals surface area (Å²) in [5, 5.41) is 13.5. The van der Waals surface area contributed by atoms with Crippen LogP contribution >= 0.6 is 0 Å². The van der Waals surface area contributed by atoms with Gasteiger partial charge in [0.15, 0.2) is 0 Å². The number of carbonyl (C=O) groups is 3. The molecule has 33 heavy (non-hydrogen) atoms. The van der Waals surface area contributed by atoms with Crippen LogP contribution in [0.5, 0.6) is 5.75 Å². The first kappa shape index (κ1) is 22.6. The molecule has 2 fully saturated rings. The number of anilines is 1. The largest absolute Gasteiger partial charge is 0.506 e. The number of para-hydroxylation sites is 2. The molecule has 0 aromatic heterocycles. The number of carbonyl (C=O) groups excluding carboxylic acids is 3. The molecule has 4 amide bonds. The van der Waals surface area contributed by atoms with Gasteiger partial charge in [-0.15, -0.1) is 0 Å². The normalized spacial score (nSPS) is 21.2. The number of nitrogens with zero attached hydrogens (tertiary/aromatic N) is 3. The van der Waals surface area contributed by atoms with Crippen molar-refractivity contribution in [2.45, 2.75) is 25.3 Å². The highest BCUT2D eigenvalue weighted by atomic mass is 16.3. The maximum Gasteiger partial charge on any atom is 0.344 e. The summed E-state index contributed by atoms with van der Waals surface area (Å²) in [6, 6.07) is 16.3. The van der Waals surface area contributed by atoms with Crippen LogP contribution in [0.2, 0.25) is 0 Å². The fourth-order valence-electron chi connectivity index (χ4n) is 4.24. The zero-order valence-electron chi connectivity index (χ0n) is 18.7. The summed E-state index contributed by atoms with van der Waals surface area (Å²) in [6.07, 6.45) is 1.06. The van der Waals surface area contributed by atoms with E-state index in [1.165, 1.54) is 0 Å². The first-order valence-electron chi connectivity index (χ1n) is 11.1. The molecule has 9 heteroatoms. The number of aromatic hydroxyl groups is 1. The van der Waals surface area contributed by atoms with E-state index in [2.05, 4.69) is 15.6 Å². The number of imide groups is 1. The van der Waals surface area contributed by atoms with E-state index in [4.69, 9.17) is 0 Å². The molecule has 1 unspecified atom stereocenters. The highest BCUT2D eigenvalue weighted by molar-refractivity contribution is 6.07. The predicted molar refractivity (Wildman–Crippen MR) is 123 cm³/mol. The number of nitrogens with one attached hydrogen (secondary N) is 2. The lowest BCUT2D eigenvalue weighted by molar-refractivity contribution is -0.139. The minimum atomic E-state index is -1.07. The lowest BCUT2D eigenvalue weighted by Crippen LogP contribution is -2.54. The standard InChI is InChI=1S/C24H29N5O4/c1-24(12-11-18-7-3-2-4-8-18)22(32)29(23(33)25-24)26-21(31)17-27-13-15-28(16-14-27)19-9-5-6-10-20(19)30/h2-10,30H,11-17H2,1H3,(H,25,33)(H,26,31). The van der Waals surface area contributed by atoms with E-state index in [0.717, 1.165) is 16.3 Å². The van der Waals surface area contributed by atoms with E-state index < -0.39 is 23.4 Å². The number of piperazine rings is 1.